The van der Waals surface area contributed by atoms with Crippen molar-refractivity contribution < 1.29 is 55.8 Å². The van der Waals surface area contributed by atoms with Crippen LogP contribution in [0.3, 0.4) is 0 Å². The van der Waals surface area contributed by atoms with E-state index in [4.69, 9.17) is 5.73 Å². The maximum atomic E-state index is 10.1. The van der Waals surface area contributed by atoms with Crippen molar-refractivity contribution in [1.29, 1.82) is 0 Å². The number of carbonyl (C=O) groups is 1. The van der Waals surface area contributed by atoms with Gasteiger partial charge in [-0.15, -0.1) is 6.42 Å². The van der Waals surface area contributed by atoms with Gasteiger partial charge in [-0.3, -0.25) is 6.08 Å². The molecule has 0 aliphatic heterocycles. The van der Waals surface area contributed by atoms with Gasteiger partial charge in [-0.25, -0.2) is 12.2 Å². The molecule has 1 aliphatic rings. The summed E-state index contributed by atoms with van der Waals surface area (Å²) in [6.45, 7) is 9.59. The van der Waals surface area contributed by atoms with Crippen LogP contribution in [-0.4, -0.2) is 15.4 Å². The fraction of sp³-hybridized carbons (Fsp3) is 0.583. The van der Waals surface area contributed by atoms with Crippen molar-refractivity contribution in [3.63, 3.8) is 0 Å². The van der Waals surface area contributed by atoms with Crippen LogP contribution in [-0.2, 0) is 31.0 Å². The molecule has 1 radical (unpaired) electrons. The first-order chi connectivity index (χ1) is 6.86. The molecule has 0 atom stereocenters. The molecule has 2 nitrogen and oxygen atoms in total. The molecule has 0 aromatic heterocycles. The third-order valence-corrected chi connectivity index (χ3v) is 1.27. The number of amides is 1. The zero-order chi connectivity index (χ0) is 12.3. The molecule has 0 spiro atoms. The van der Waals surface area contributed by atoms with E-state index >= 15 is 0 Å². The van der Waals surface area contributed by atoms with E-state index in [0.717, 1.165) is 15.9 Å². The summed E-state index contributed by atoms with van der Waals surface area (Å²) in [6.07, 6.45) is 10.0. The number of hydrogen-bond donors (Lipinski definition) is 0. The predicted octanol–water partition coefficient (Wildman–Crippen LogP) is -2.56. The van der Waals surface area contributed by atoms with Gasteiger partial charge in [-0.05, 0) is 0 Å². The standard InChI is InChI=1S/C5H11NO.C5H5.C2H7Si.2ClH.Zr/c1-5(2,3)4(6)7;1-2-4-5-3-1;1-3-2;;;/h1-3H3,(H2,6,7);1-3H,4H2;3H,1-2H3;2*1H;/q;-1;;;;+4/p-3. The monoisotopic (exact) mass is 384 g/mol. The second-order valence-electron chi connectivity index (χ2n) is 4.16. The summed E-state index contributed by atoms with van der Waals surface area (Å²) >= 11 is 0. The van der Waals surface area contributed by atoms with Gasteiger partial charge in [0, 0.05) is 14.9 Å². The number of rotatable bonds is 0. The SMILES string of the molecule is CC(C)(C)C([NH-])=O.C[SiH]C.[C-]1=CC=CC1.[Cl-].[Cl-].[Zr+4]. The molecule has 0 fully saturated rings. The predicted molar refractivity (Wildman–Crippen MR) is 69.2 cm³/mol. The van der Waals surface area contributed by atoms with E-state index in [0.29, 0.717) is 0 Å². The van der Waals surface area contributed by atoms with E-state index in [1.807, 2.05) is 12.2 Å². The van der Waals surface area contributed by atoms with Gasteiger partial charge in [-0.1, -0.05) is 33.9 Å². The second-order valence-corrected chi connectivity index (χ2v) is 5.31. The molecule has 1 N–H and O–H groups in total. The number of allylic oxidation sites excluding steroid dienone is 4. The van der Waals surface area contributed by atoms with Crippen LogP contribution in [0.15, 0.2) is 18.2 Å². The minimum absolute atomic E-state index is 0. The van der Waals surface area contributed by atoms with Crippen LogP contribution >= 0.6 is 0 Å². The molecule has 1 amide bonds. The topological polar surface area (TPSA) is 40.9 Å². The van der Waals surface area contributed by atoms with Crippen LogP contribution < -0.4 is 24.8 Å². The average Bonchev–Trinajstić information content (AvgIpc) is 2.59. The summed E-state index contributed by atoms with van der Waals surface area (Å²) in [5, 5.41) is 0. The van der Waals surface area contributed by atoms with Gasteiger partial charge < -0.3 is 35.3 Å². The Hall–Kier alpha value is 0.630. The summed E-state index contributed by atoms with van der Waals surface area (Å²) in [5.41, 5.74) is 6.12. The summed E-state index contributed by atoms with van der Waals surface area (Å²) < 4.78 is 0. The van der Waals surface area contributed by atoms with E-state index in [1.165, 1.54) is 0 Å². The van der Waals surface area contributed by atoms with Crippen molar-refractivity contribution in [3.8, 4) is 0 Å². The summed E-state index contributed by atoms with van der Waals surface area (Å²) in [5.74, 6) is -0.507. The maximum absolute atomic E-state index is 10.1. The Balaban J connectivity index is -0.0000000461. The molecular formula is C12H22Cl2NOSiZr. The first-order valence-electron chi connectivity index (χ1n) is 5.08. The minimum Gasteiger partial charge on any atom is -1.00 e. The zero-order valence-corrected chi connectivity index (χ0v) is 16.8. The molecule has 0 aromatic rings. The van der Waals surface area contributed by atoms with Gasteiger partial charge in [-0.2, -0.15) is 6.08 Å². The van der Waals surface area contributed by atoms with Gasteiger partial charge in [0.1, 0.15) is 0 Å². The Labute approximate surface area is 146 Å². The quantitative estimate of drug-likeness (QED) is 0.334. The van der Waals surface area contributed by atoms with Crippen LogP contribution in [0.25, 0.3) is 5.73 Å². The summed E-state index contributed by atoms with van der Waals surface area (Å²) in [4.78, 5) is 10.1. The largest absolute Gasteiger partial charge is 4.00 e. The Kier molecular flexibility index (Phi) is 34.6. The van der Waals surface area contributed by atoms with Crippen molar-refractivity contribution in [2.45, 2.75) is 40.3 Å². The van der Waals surface area contributed by atoms with Crippen LogP contribution in [0, 0.1) is 11.5 Å². The molecular weight excluding hydrogens is 364 g/mol. The molecule has 0 saturated carbocycles. The molecule has 103 valence electrons. The van der Waals surface area contributed by atoms with E-state index < -0.39 is 11.3 Å². The van der Waals surface area contributed by atoms with Gasteiger partial charge in [0.15, 0.2) is 0 Å². The van der Waals surface area contributed by atoms with Crippen LogP contribution in [0.2, 0.25) is 13.1 Å². The van der Waals surface area contributed by atoms with Crippen LogP contribution in [0.4, 0.5) is 0 Å². The van der Waals surface area contributed by atoms with Crippen molar-refractivity contribution in [1.82, 2.24) is 0 Å². The Bertz CT molecular complexity index is 219. The van der Waals surface area contributed by atoms with Crippen LogP contribution in [0.5, 0.6) is 0 Å². The first kappa shape index (κ1) is 31.2. The summed E-state index contributed by atoms with van der Waals surface area (Å²) in [7, 11) is 0.750. The third-order valence-electron chi connectivity index (χ3n) is 1.27. The van der Waals surface area contributed by atoms with Crippen molar-refractivity contribution >= 4 is 15.4 Å². The van der Waals surface area contributed by atoms with Crippen molar-refractivity contribution in [2.75, 3.05) is 0 Å². The van der Waals surface area contributed by atoms with E-state index in [1.54, 1.807) is 20.8 Å². The van der Waals surface area contributed by atoms with Gasteiger partial charge >= 0.3 is 26.2 Å². The molecule has 18 heavy (non-hydrogen) atoms. The smallest absolute Gasteiger partial charge is 1.00 e. The normalized spacial score (nSPS) is 10.3. The van der Waals surface area contributed by atoms with Gasteiger partial charge in [0.25, 0.3) is 0 Å². The minimum atomic E-state index is -0.507. The number of hydrogen-bond acceptors (Lipinski definition) is 1. The molecule has 0 heterocycles. The number of halogens is 2. The third kappa shape index (κ3) is 30.0. The van der Waals surface area contributed by atoms with E-state index in [-0.39, 0.29) is 51.0 Å². The fourth-order valence-electron chi connectivity index (χ4n) is 0.340. The molecule has 6 heteroatoms. The molecule has 1 rings (SSSR count). The van der Waals surface area contributed by atoms with Crippen molar-refractivity contribution in [2.24, 2.45) is 5.41 Å². The zero-order valence-electron chi connectivity index (χ0n) is 11.7. The maximum Gasteiger partial charge on any atom is 4.00 e. The summed E-state index contributed by atoms with van der Waals surface area (Å²) in [6, 6.07) is 0. The van der Waals surface area contributed by atoms with Gasteiger partial charge in [0.2, 0.25) is 0 Å². The molecule has 0 unspecified atom stereocenters. The van der Waals surface area contributed by atoms with Crippen LogP contribution in [0.1, 0.15) is 27.2 Å². The molecule has 0 bridgehead atoms. The average molecular weight is 387 g/mol. The first-order valence-corrected chi connectivity index (χ1v) is 7.39. The van der Waals surface area contributed by atoms with E-state index in [9.17, 15) is 4.79 Å². The van der Waals surface area contributed by atoms with Gasteiger partial charge in [0.05, 0.1) is 5.91 Å². The van der Waals surface area contributed by atoms with Crippen molar-refractivity contribution in [3.05, 3.63) is 30.0 Å². The number of carbonyl (C=O) groups excluding carboxylic acids is 1. The van der Waals surface area contributed by atoms with E-state index in [2.05, 4.69) is 25.2 Å². The molecule has 0 aromatic carbocycles. The number of nitrogens with one attached hydrogen (secondary N) is 1. The Morgan fingerprint density at radius 2 is 1.61 bits per heavy atom. The Morgan fingerprint density at radius 1 is 1.28 bits per heavy atom. The second kappa shape index (κ2) is 20.0. The fourth-order valence-corrected chi connectivity index (χ4v) is 0.340. The molecule has 1 aliphatic carbocycles. The Morgan fingerprint density at radius 3 is 1.67 bits per heavy atom. The molecule has 0 saturated heterocycles.